The average Bonchev–Trinajstić information content (AvgIpc) is 1.78. The lowest BCUT2D eigenvalue weighted by Gasteiger charge is -2.37. The van der Waals surface area contributed by atoms with Crippen LogP contribution < -0.4 is 0 Å². The Morgan fingerprint density at radius 1 is 0.857 bits per heavy atom. The van der Waals surface area contributed by atoms with E-state index in [4.69, 9.17) is 12.6 Å². The summed E-state index contributed by atoms with van der Waals surface area (Å²) in [4.78, 5) is 0. The molecular weight excluding hydrogens is 188 g/mol. The van der Waals surface area contributed by atoms with E-state index in [2.05, 4.69) is 48.5 Å². The van der Waals surface area contributed by atoms with Crippen molar-refractivity contribution >= 4 is 12.6 Å². The standard InChI is InChI=1S/C13H28S/c1-8-12(5,6)10-13(7,14)9-11(2,3)4/h14H,8-10H2,1-7H3. The fourth-order valence-electron chi connectivity index (χ4n) is 2.36. The van der Waals surface area contributed by atoms with Gasteiger partial charge in [-0.2, -0.15) is 12.6 Å². The van der Waals surface area contributed by atoms with Crippen molar-refractivity contribution < 1.29 is 0 Å². The molecule has 0 heterocycles. The summed E-state index contributed by atoms with van der Waals surface area (Å²) >= 11 is 4.83. The summed E-state index contributed by atoms with van der Waals surface area (Å²) in [6.45, 7) is 16.1. The molecule has 1 atom stereocenters. The molecule has 86 valence electrons. The fraction of sp³-hybridized carbons (Fsp3) is 1.00. The van der Waals surface area contributed by atoms with Crippen molar-refractivity contribution in [2.75, 3.05) is 0 Å². The minimum atomic E-state index is 0.164. The zero-order valence-electron chi connectivity index (χ0n) is 11.1. The summed E-state index contributed by atoms with van der Waals surface area (Å²) in [6.07, 6.45) is 3.59. The number of hydrogen-bond donors (Lipinski definition) is 1. The lowest BCUT2D eigenvalue weighted by Crippen LogP contribution is -2.30. The van der Waals surface area contributed by atoms with Gasteiger partial charge in [0.1, 0.15) is 0 Å². The predicted octanol–water partition coefficient (Wildman–Crippen LogP) is 4.94. The SMILES string of the molecule is CCC(C)(C)CC(C)(S)CC(C)(C)C. The van der Waals surface area contributed by atoms with Crippen LogP contribution in [0.5, 0.6) is 0 Å². The highest BCUT2D eigenvalue weighted by molar-refractivity contribution is 7.81. The smallest absolute Gasteiger partial charge is 0.0111 e. The van der Waals surface area contributed by atoms with Crippen LogP contribution >= 0.6 is 12.6 Å². The molecule has 0 spiro atoms. The molecule has 0 bridgehead atoms. The van der Waals surface area contributed by atoms with Crippen molar-refractivity contribution in [2.24, 2.45) is 10.8 Å². The Balaban J connectivity index is 4.35. The van der Waals surface area contributed by atoms with E-state index >= 15 is 0 Å². The highest BCUT2D eigenvalue weighted by atomic mass is 32.1. The normalized spacial score (nSPS) is 18.0. The van der Waals surface area contributed by atoms with Crippen molar-refractivity contribution in [3.05, 3.63) is 0 Å². The van der Waals surface area contributed by atoms with E-state index in [0.29, 0.717) is 10.8 Å². The second-order valence-corrected chi connectivity index (χ2v) is 8.01. The van der Waals surface area contributed by atoms with Gasteiger partial charge in [0.05, 0.1) is 0 Å². The second kappa shape index (κ2) is 4.47. The average molecular weight is 216 g/mol. The molecule has 0 fully saturated rings. The summed E-state index contributed by atoms with van der Waals surface area (Å²) in [7, 11) is 0. The molecule has 0 rings (SSSR count). The molecular formula is C13H28S. The van der Waals surface area contributed by atoms with Gasteiger partial charge in [-0.05, 0) is 23.7 Å². The Morgan fingerprint density at radius 2 is 1.29 bits per heavy atom. The quantitative estimate of drug-likeness (QED) is 0.632. The number of hydrogen-bond acceptors (Lipinski definition) is 1. The van der Waals surface area contributed by atoms with Crippen LogP contribution in [0.3, 0.4) is 0 Å². The number of rotatable bonds is 4. The van der Waals surface area contributed by atoms with Gasteiger partial charge in [0.2, 0.25) is 0 Å². The van der Waals surface area contributed by atoms with Gasteiger partial charge in [0, 0.05) is 4.75 Å². The third-order valence-electron chi connectivity index (χ3n) is 2.73. The lowest BCUT2D eigenvalue weighted by atomic mass is 9.75. The first kappa shape index (κ1) is 14.3. The molecule has 0 saturated carbocycles. The van der Waals surface area contributed by atoms with Crippen LogP contribution in [0.4, 0.5) is 0 Å². The van der Waals surface area contributed by atoms with E-state index in [1.165, 1.54) is 19.3 Å². The summed E-state index contributed by atoms with van der Waals surface area (Å²) in [5, 5.41) is 0. The first-order chi connectivity index (χ1) is 5.97. The highest BCUT2D eigenvalue weighted by Gasteiger charge is 2.31. The van der Waals surface area contributed by atoms with Crippen molar-refractivity contribution in [1.82, 2.24) is 0 Å². The maximum absolute atomic E-state index is 4.83. The predicted molar refractivity (Wildman–Crippen MR) is 70.2 cm³/mol. The third kappa shape index (κ3) is 6.75. The van der Waals surface area contributed by atoms with Gasteiger partial charge >= 0.3 is 0 Å². The van der Waals surface area contributed by atoms with Crippen LogP contribution in [0.25, 0.3) is 0 Å². The minimum absolute atomic E-state index is 0.164. The van der Waals surface area contributed by atoms with Crippen LogP contribution in [0.2, 0.25) is 0 Å². The molecule has 0 aromatic carbocycles. The molecule has 0 amide bonds. The van der Waals surface area contributed by atoms with Crippen LogP contribution in [0.15, 0.2) is 0 Å². The molecule has 14 heavy (non-hydrogen) atoms. The largest absolute Gasteiger partial charge is 0.173 e. The number of thiol groups is 1. The van der Waals surface area contributed by atoms with E-state index in [0.717, 1.165) is 0 Å². The van der Waals surface area contributed by atoms with Crippen LogP contribution in [-0.2, 0) is 0 Å². The minimum Gasteiger partial charge on any atom is -0.173 e. The van der Waals surface area contributed by atoms with Gasteiger partial charge in [-0.1, -0.05) is 54.9 Å². The van der Waals surface area contributed by atoms with Gasteiger partial charge in [-0.25, -0.2) is 0 Å². The van der Waals surface area contributed by atoms with E-state index < -0.39 is 0 Å². The van der Waals surface area contributed by atoms with Gasteiger partial charge in [-0.3, -0.25) is 0 Å². The van der Waals surface area contributed by atoms with Crippen molar-refractivity contribution in [2.45, 2.75) is 72.5 Å². The molecule has 0 nitrogen and oxygen atoms in total. The van der Waals surface area contributed by atoms with Crippen LogP contribution in [-0.4, -0.2) is 4.75 Å². The van der Waals surface area contributed by atoms with Crippen LogP contribution in [0, 0.1) is 10.8 Å². The summed E-state index contributed by atoms with van der Waals surface area (Å²) in [5.41, 5.74) is 0.794. The first-order valence-electron chi connectivity index (χ1n) is 5.70. The second-order valence-electron chi connectivity index (χ2n) is 6.93. The van der Waals surface area contributed by atoms with Gasteiger partial charge in [0.15, 0.2) is 0 Å². The highest BCUT2D eigenvalue weighted by Crippen LogP contribution is 2.41. The van der Waals surface area contributed by atoms with Crippen LogP contribution in [0.1, 0.15) is 67.7 Å². The Labute approximate surface area is 96.3 Å². The molecule has 0 aliphatic rings. The van der Waals surface area contributed by atoms with Gasteiger partial charge in [0.25, 0.3) is 0 Å². The molecule has 0 N–H and O–H groups in total. The maximum atomic E-state index is 4.83. The Kier molecular flexibility index (Phi) is 4.58. The summed E-state index contributed by atoms with van der Waals surface area (Å²) < 4.78 is 0.164. The molecule has 0 aliphatic carbocycles. The van der Waals surface area contributed by atoms with E-state index in [-0.39, 0.29) is 4.75 Å². The molecule has 0 aromatic heterocycles. The Morgan fingerprint density at radius 3 is 1.57 bits per heavy atom. The van der Waals surface area contributed by atoms with Crippen molar-refractivity contribution in [3.8, 4) is 0 Å². The summed E-state index contributed by atoms with van der Waals surface area (Å²) in [5.74, 6) is 0. The zero-order chi connectivity index (χ0) is 11.6. The summed E-state index contributed by atoms with van der Waals surface area (Å²) in [6, 6.07) is 0. The van der Waals surface area contributed by atoms with Gasteiger partial charge in [-0.15, -0.1) is 0 Å². The molecule has 0 radical (unpaired) electrons. The molecule has 1 unspecified atom stereocenters. The molecule has 0 saturated heterocycles. The van der Waals surface area contributed by atoms with Crippen molar-refractivity contribution in [1.29, 1.82) is 0 Å². The van der Waals surface area contributed by atoms with Gasteiger partial charge < -0.3 is 0 Å². The fourth-order valence-corrected chi connectivity index (χ4v) is 3.26. The third-order valence-corrected chi connectivity index (χ3v) is 3.04. The molecule has 1 heteroatoms. The molecule has 0 aromatic rings. The van der Waals surface area contributed by atoms with E-state index in [1.807, 2.05) is 0 Å². The monoisotopic (exact) mass is 216 g/mol. The topological polar surface area (TPSA) is 0 Å². The Bertz CT molecular complexity index is 172. The van der Waals surface area contributed by atoms with Crippen molar-refractivity contribution in [3.63, 3.8) is 0 Å². The molecule has 0 aliphatic heterocycles. The van der Waals surface area contributed by atoms with E-state index in [9.17, 15) is 0 Å². The van der Waals surface area contributed by atoms with E-state index in [1.54, 1.807) is 0 Å². The maximum Gasteiger partial charge on any atom is 0.0111 e. The lowest BCUT2D eigenvalue weighted by molar-refractivity contribution is 0.236. The first-order valence-corrected chi connectivity index (χ1v) is 6.15. The zero-order valence-corrected chi connectivity index (χ0v) is 12.0. The Hall–Kier alpha value is 0.350.